The zero-order valence-electron chi connectivity index (χ0n) is 14.9. The summed E-state index contributed by atoms with van der Waals surface area (Å²) < 4.78 is 18.3. The van der Waals surface area contributed by atoms with Gasteiger partial charge in [0.05, 0.1) is 27.2 Å². The number of carbonyl (C=O) groups excluding carboxylic acids is 3. The first-order valence-electron chi connectivity index (χ1n) is 8.33. The van der Waals surface area contributed by atoms with Gasteiger partial charge in [-0.3, -0.25) is 9.59 Å². The number of rotatable bonds is 4. The average molecular weight is 423 g/mol. The molecule has 9 heteroatoms. The first-order valence-corrected chi connectivity index (χ1v) is 9.59. The Morgan fingerprint density at radius 1 is 1.29 bits per heavy atom. The van der Waals surface area contributed by atoms with Gasteiger partial charge in [0.2, 0.25) is 5.91 Å². The molecule has 2 aromatic carbocycles. The number of hydrogen-bond acceptors (Lipinski definition) is 5. The number of esters is 1. The van der Waals surface area contributed by atoms with Gasteiger partial charge in [0.15, 0.2) is 6.10 Å². The Bertz CT molecular complexity index is 969. The maximum atomic E-state index is 13.1. The van der Waals surface area contributed by atoms with Crippen LogP contribution < -0.4 is 10.6 Å². The molecule has 0 spiro atoms. The summed E-state index contributed by atoms with van der Waals surface area (Å²) in [6.07, 6.45) is -1.12. The number of hydrogen-bond donors (Lipinski definition) is 2. The Labute approximate surface area is 169 Å². The lowest BCUT2D eigenvalue weighted by Gasteiger charge is -2.22. The Kier molecular flexibility index (Phi) is 5.90. The molecule has 0 unspecified atom stereocenters. The van der Waals surface area contributed by atoms with E-state index in [1.807, 2.05) is 0 Å². The van der Waals surface area contributed by atoms with Crippen molar-refractivity contribution < 1.29 is 23.5 Å². The van der Waals surface area contributed by atoms with Gasteiger partial charge in [-0.25, -0.2) is 9.18 Å². The molecule has 2 aromatic rings. The van der Waals surface area contributed by atoms with E-state index in [0.29, 0.717) is 5.69 Å². The molecule has 1 aliphatic heterocycles. The molecule has 1 aliphatic rings. The predicted octanol–water partition coefficient (Wildman–Crippen LogP) is 4.10. The number of nitrogens with one attached hydrogen (secondary N) is 2. The molecular weight excluding hydrogens is 407 g/mol. The Balaban J connectivity index is 1.66. The van der Waals surface area contributed by atoms with E-state index in [1.54, 1.807) is 19.1 Å². The smallest absolute Gasteiger partial charge is 0.338 e. The van der Waals surface area contributed by atoms with Gasteiger partial charge < -0.3 is 15.4 Å². The minimum absolute atomic E-state index is 0.0315. The molecule has 0 fully saturated rings. The van der Waals surface area contributed by atoms with Crippen LogP contribution in [0.4, 0.5) is 15.8 Å². The van der Waals surface area contributed by atoms with Crippen LogP contribution in [0.25, 0.3) is 0 Å². The third-order valence-corrected chi connectivity index (χ3v) is 5.48. The van der Waals surface area contributed by atoms with Crippen molar-refractivity contribution in [3.63, 3.8) is 0 Å². The van der Waals surface area contributed by atoms with E-state index in [4.69, 9.17) is 16.3 Å². The fourth-order valence-corrected chi connectivity index (χ4v) is 3.59. The predicted molar refractivity (Wildman–Crippen MR) is 105 cm³/mol. The van der Waals surface area contributed by atoms with Gasteiger partial charge in [-0.05, 0) is 50.2 Å². The first kappa shape index (κ1) is 20.2. The molecule has 0 aliphatic carbocycles. The number of halogens is 2. The van der Waals surface area contributed by atoms with Crippen molar-refractivity contribution in [2.24, 2.45) is 0 Å². The average Bonchev–Trinajstić information content (AvgIpc) is 2.64. The third-order valence-electron chi connectivity index (χ3n) is 3.99. The van der Waals surface area contributed by atoms with E-state index >= 15 is 0 Å². The van der Waals surface area contributed by atoms with Crippen LogP contribution in [-0.4, -0.2) is 29.1 Å². The highest BCUT2D eigenvalue weighted by Crippen LogP contribution is 2.36. The lowest BCUT2D eigenvalue weighted by molar-refractivity contribution is -0.123. The van der Waals surface area contributed by atoms with Crippen molar-refractivity contribution in [1.82, 2.24) is 0 Å². The summed E-state index contributed by atoms with van der Waals surface area (Å²) in [6, 6.07) is 8.33. The second kappa shape index (κ2) is 8.20. The highest BCUT2D eigenvalue weighted by atomic mass is 35.5. The van der Waals surface area contributed by atoms with Crippen LogP contribution in [0.15, 0.2) is 41.3 Å². The number of fused-ring (bicyclic) bond motifs is 1. The molecular formula is C19H16ClFN2O4S. The molecule has 1 heterocycles. The summed E-state index contributed by atoms with van der Waals surface area (Å²) in [6.45, 7) is 3.20. The molecule has 2 N–H and O–H groups in total. The molecule has 2 amide bonds. The Morgan fingerprint density at radius 2 is 2.04 bits per heavy atom. The minimum Gasteiger partial charge on any atom is -0.449 e. The maximum absolute atomic E-state index is 13.1. The van der Waals surface area contributed by atoms with Gasteiger partial charge in [-0.2, -0.15) is 0 Å². The van der Waals surface area contributed by atoms with E-state index in [9.17, 15) is 18.8 Å². The van der Waals surface area contributed by atoms with Gasteiger partial charge in [-0.1, -0.05) is 11.6 Å². The van der Waals surface area contributed by atoms with Crippen molar-refractivity contribution in [1.29, 1.82) is 0 Å². The van der Waals surface area contributed by atoms with Crippen molar-refractivity contribution in [3.8, 4) is 0 Å². The molecule has 0 radical (unpaired) electrons. The number of anilines is 2. The van der Waals surface area contributed by atoms with Crippen LogP contribution in [0.2, 0.25) is 5.02 Å². The summed E-state index contributed by atoms with van der Waals surface area (Å²) >= 11 is 7.27. The number of thioether (sulfide) groups is 1. The summed E-state index contributed by atoms with van der Waals surface area (Å²) in [5.74, 6) is -2.01. The molecule has 0 bridgehead atoms. The van der Waals surface area contributed by atoms with Gasteiger partial charge in [0, 0.05) is 4.90 Å². The molecule has 28 heavy (non-hydrogen) atoms. The monoisotopic (exact) mass is 422 g/mol. The van der Waals surface area contributed by atoms with Gasteiger partial charge in [0.1, 0.15) is 5.82 Å². The first-order chi connectivity index (χ1) is 13.2. The second-order valence-electron chi connectivity index (χ2n) is 6.12. The normalized spacial score (nSPS) is 16.6. The topological polar surface area (TPSA) is 84.5 Å². The van der Waals surface area contributed by atoms with E-state index in [-0.39, 0.29) is 27.4 Å². The summed E-state index contributed by atoms with van der Waals surface area (Å²) in [4.78, 5) is 37.2. The number of ether oxygens (including phenoxy) is 1. The zero-order valence-corrected chi connectivity index (χ0v) is 16.5. The van der Waals surface area contributed by atoms with Gasteiger partial charge >= 0.3 is 5.97 Å². The highest BCUT2D eigenvalue weighted by molar-refractivity contribution is 8.00. The van der Waals surface area contributed by atoms with Crippen LogP contribution in [0.1, 0.15) is 24.2 Å². The fraction of sp³-hybridized carbons (Fsp3) is 0.211. The van der Waals surface area contributed by atoms with Gasteiger partial charge in [-0.15, -0.1) is 11.8 Å². The second-order valence-corrected chi connectivity index (χ2v) is 7.91. The third kappa shape index (κ3) is 4.45. The zero-order chi connectivity index (χ0) is 20.4. The fourth-order valence-electron chi connectivity index (χ4n) is 2.44. The summed E-state index contributed by atoms with van der Waals surface area (Å²) in [7, 11) is 0. The van der Waals surface area contributed by atoms with Gasteiger partial charge in [0.25, 0.3) is 5.91 Å². The molecule has 3 rings (SSSR count). The number of carbonyl (C=O) groups is 3. The lowest BCUT2D eigenvalue weighted by atomic mass is 10.2. The lowest BCUT2D eigenvalue weighted by Crippen LogP contribution is -2.30. The largest absolute Gasteiger partial charge is 0.449 e. The molecule has 0 saturated heterocycles. The Morgan fingerprint density at radius 3 is 2.75 bits per heavy atom. The summed E-state index contributed by atoms with van der Waals surface area (Å²) in [5, 5.41) is 5.03. The van der Waals surface area contributed by atoms with Crippen molar-refractivity contribution in [3.05, 3.63) is 52.8 Å². The number of amides is 2. The van der Waals surface area contributed by atoms with E-state index in [2.05, 4.69) is 10.6 Å². The molecule has 0 saturated carbocycles. The molecule has 6 nitrogen and oxygen atoms in total. The van der Waals surface area contributed by atoms with Crippen molar-refractivity contribution in [2.75, 3.05) is 10.6 Å². The van der Waals surface area contributed by atoms with Crippen molar-refractivity contribution >= 4 is 52.5 Å². The van der Waals surface area contributed by atoms with E-state index < -0.39 is 23.8 Å². The molecule has 2 atom stereocenters. The quantitative estimate of drug-likeness (QED) is 0.725. The Hall–Kier alpha value is -2.58. The minimum atomic E-state index is -1.12. The number of benzene rings is 2. The summed E-state index contributed by atoms with van der Waals surface area (Å²) in [5.41, 5.74) is 0.935. The van der Waals surface area contributed by atoms with Crippen LogP contribution in [0, 0.1) is 5.82 Å². The SMILES string of the molecule is C[C@H](OC(=O)c1ccc2c(c1)NC(=O)[C@@H](C)S2)C(=O)Nc1ccc(F)cc1Cl. The van der Waals surface area contributed by atoms with Crippen LogP contribution in [0.5, 0.6) is 0 Å². The highest BCUT2D eigenvalue weighted by Gasteiger charge is 2.25. The van der Waals surface area contributed by atoms with Crippen LogP contribution in [0.3, 0.4) is 0 Å². The standard InChI is InChI=1S/C19H16ClFN2O4S/c1-9(17(24)22-14-5-4-12(21)8-13(14)20)27-19(26)11-3-6-16-15(7-11)23-18(25)10(2)28-16/h3-10H,1-2H3,(H,22,24)(H,23,25)/t9-,10+/m0/s1. The molecule has 146 valence electrons. The van der Waals surface area contributed by atoms with Crippen LogP contribution in [-0.2, 0) is 14.3 Å². The van der Waals surface area contributed by atoms with E-state index in [1.165, 1.54) is 30.8 Å². The van der Waals surface area contributed by atoms with Crippen LogP contribution >= 0.6 is 23.4 Å². The van der Waals surface area contributed by atoms with Crippen molar-refractivity contribution in [2.45, 2.75) is 30.1 Å². The molecule has 0 aromatic heterocycles. The maximum Gasteiger partial charge on any atom is 0.338 e. The van der Waals surface area contributed by atoms with E-state index in [0.717, 1.165) is 17.0 Å².